The first-order valence-electron chi connectivity index (χ1n) is 8.32. The predicted octanol–water partition coefficient (Wildman–Crippen LogP) is 4.08. The maximum Gasteiger partial charge on any atom is 0.345 e. The van der Waals surface area contributed by atoms with Crippen molar-refractivity contribution in [1.82, 2.24) is 10.3 Å². The van der Waals surface area contributed by atoms with Crippen LogP contribution in [-0.2, 0) is 12.8 Å². The highest BCUT2D eigenvalue weighted by atomic mass is 32.1. The minimum atomic E-state index is -0.832. The highest BCUT2D eigenvalue weighted by Crippen LogP contribution is 2.19. The SMILES string of the molecule is O=C(O)c1ccc(CCCNCCCc2c[nH]c3ccccc23)s1. The summed E-state index contributed by atoms with van der Waals surface area (Å²) < 4.78 is 0. The molecule has 0 saturated carbocycles. The normalized spacial score (nSPS) is 11.2. The van der Waals surface area contributed by atoms with E-state index in [2.05, 4.69) is 40.8 Å². The lowest BCUT2D eigenvalue weighted by molar-refractivity contribution is 0.0702. The molecule has 0 aliphatic rings. The number of aryl methyl sites for hydroxylation is 2. The van der Waals surface area contributed by atoms with Gasteiger partial charge >= 0.3 is 5.97 Å². The topological polar surface area (TPSA) is 65.1 Å². The van der Waals surface area contributed by atoms with Gasteiger partial charge in [0.25, 0.3) is 0 Å². The van der Waals surface area contributed by atoms with Crippen molar-refractivity contribution < 1.29 is 9.90 Å². The molecular weight excluding hydrogens is 320 g/mol. The van der Waals surface area contributed by atoms with Crippen LogP contribution in [0.15, 0.2) is 42.6 Å². The van der Waals surface area contributed by atoms with Crippen molar-refractivity contribution >= 4 is 28.2 Å². The van der Waals surface area contributed by atoms with Gasteiger partial charge in [-0.15, -0.1) is 11.3 Å². The average molecular weight is 342 g/mol. The maximum absolute atomic E-state index is 10.8. The second kappa shape index (κ2) is 8.13. The Bertz CT molecular complexity index is 806. The second-order valence-electron chi connectivity index (χ2n) is 5.89. The summed E-state index contributed by atoms with van der Waals surface area (Å²) in [6.45, 7) is 1.97. The van der Waals surface area contributed by atoms with Crippen LogP contribution in [0.5, 0.6) is 0 Å². The van der Waals surface area contributed by atoms with Gasteiger partial charge in [-0.1, -0.05) is 18.2 Å². The number of aromatic amines is 1. The summed E-state index contributed by atoms with van der Waals surface area (Å²) in [7, 11) is 0. The van der Waals surface area contributed by atoms with Crippen molar-refractivity contribution in [2.45, 2.75) is 25.7 Å². The van der Waals surface area contributed by atoms with Crippen molar-refractivity contribution in [2.75, 3.05) is 13.1 Å². The average Bonchev–Trinajstić information content (AvgIpc) is 3.21. The molecule has 0 radical (unpaired) electrons. The summed E-state index contributed by atoms with van der Waals surface area (Å²) in [5.41, 5.74) is 2.59. The molecule has 0 saturated heterocycles. The zero-order valence-corrected chi connectivity index (χ0v) is 14.4. The molecular formula is C19H22N2O2S. The summed E-state index contributed by atoms with van der Waals surface area (Å²) in [6.07, 6.45) is 6.27. The summed E-state index contributed by atoms with van der Waals surface area (Å²) >= 11 is 1.38. The third kappa shape index (κ3) is 4.24. The number of carbonyl (C=O) groups is 1. The summed E-state index contributed by atoms with van der Waals surface area (Å²) in [5.74, 6) is -0.832. The fraction of sp³-hybridized carbons (Fsp3) is 0.316. The minimum Gasteiger partial charge on any atom is -0.477 e. The smallest absolute Gasteiger partial charge is 0.345 e. The molecule has 2 aromatic heterocycles. The number of carboxylic acid groups (broad SMARTS) is 1. The van der Waals surface area contributed by atoms with E-state index in [0.29, 0.717) is 4.88 Å². The molecule has 3 rings (SSSR count). The molecule has 0 amide bonds. The number of benzene rings is 1. The van der Waals surface area contributed by atoms with E-state index >= 15 is 0 Å². The van der Waals surface area contributed by atoms with Crippen LogP contribution in [0.4, 0.5) is 0 Å². The molecule has 3 N–H and O–H groups in total. The van der Waals surface area contributed by atoms with Crippen LogP contribution in [0.2, 0.25) is 0 Å². The minimum absolute atomic E-state index is 0.427. The molecule has 4 nitrogen and oxygen atoms in total. The maximum atomic E-state index is 10.8. The van der Waals surface area contributed by atoms with Gasteiger partial charge in [-0.2, -0.15) is 0 Å². The van der Waals surface area contributed by atoms with Gasteiger partial charge in [0.1, 0.15) is 4.88 Å². The van der Waals surface area contributed by atoms with Crippen molar-refractivity contribution in [3.05, 3.63) is 57.9 Å². The van der Waals surface area contributed by atoms with Gasteiger partial charge in [-0.3, -0.25) is 0 Å². The fourth-order valence-corrected chi connectivity index (χ4v) is 3.77. The van der Waals surface area contributed by atoms with Crippen molar-refractivity contribution in [3.63, 3.8) is 0 Å². The zero-order valence-electron chi connectivity index (χ0n) is 13.5. The molecule has 126 valence electrons. The molecule has 3 aromatic rings. The number of thiophene rings is 1. The highest BCUT2D eigenvalue weighted by Gasteiger charge is 2.06. The Morgan fingerprint density at radius 3 is 2.67 bits per heavy atom. The number of para-hydroxylation sites is 1. The van der Waals surface area contributed by atoms with E-state index in [9.17, 15) is 4.79 Å². The molecule has 0 aliphatic carbocycles. The van der Waals surface area contributed by atoms with Gasteiger partial charge in [0, 0.05) is 22.0 Å². The van der Waals surface area contributed by atoms with E-state index in [1.807, 2.05) is 6.07 Å². The third-order valence-corrected chi connectivity index (χ3v) is 5.26. The van der Waals surface area contributed by atoms with E-state index in [1.54, 1.807) is 6.07 Å². The Kier molecular flexibility index (Phi) is 5.67. The Morgan fingerprint density at radius 1 is 1.08 bits per heavy atom. The van der Waals surface area contributed by atoms with Crippen LogP contribution < -0.4 is 5.32 Å². The van der Waals surface area contributed by atoms with Crippen LogP contribution in [0.25, 0.3) is 10.9 Å². The quantitative estimate of drug-likeness (QED) is 0.513. The summed E-state index contributed by atoms with van der Waals surface area (Å²) in [5, 5.41) is 13.7. The van der Waals surface area contributed by atoms with Crippen LogP contribution in [0.1, 0.15) is 33.0 Å². The first-order valence-corrected chi connectivity index (χ1v) is 9.13. The lowest BCUT2D eigenvalue weighted by atomic mass is 10.1. The number of nitrogens with one attached hydrogen (secondary N) is 2. The Balaban J connectivity index is 1.32. The first-order chi connectivity index (χ1) is 11.7. The molecule has 0 atom stereocenters. The van der Waals surface area contributed by atoms with Crippen LogP contribution in [0.3, 0.4) is 0 Å². The van der Waals surface area contributed by atoms with Crippen molar-refractivity contribution in [1.29, 1.82) is 0 Å². The molecule has 1 aromatic carbocycles. The summed E-state index contributed by atoms with van der Waals surface area (Å²) in [4.78, 5) is 15.7. The van der Waals surface area contributed by atoms with Crippen LogP contribution in [-0.4, -0.2) is 29.1 Å². The zero-order chi connectivity index (χ0) is 16.8. The molecule has 0 fully saturated rings. The molecule has 0 bridgehead atoms. The van der Waals surface area contributed by atoms with E-state index in [0.717, 1.165) is 43.6 Å². The predicted molar refractivity (Wildman–Crippen MR) is 99.1 cm³/mol. The third-order valence-electron chi connectivity index (χ3n) is 4.12. The number of hydrogen-bond donors (Lipinski definition) is 3. The second-order valence-corrected chi connectivity index (χ2v) is 7.06. The fourth-order valence-electron chi connectivity index (χ4n) is 2.88. The van der Waals surface area contributed by atoms with Gasteiger partial charge in [-0.05, 0) is 62.5 Å². The number of hydrogen-bond acceptors (Lipinski definition) is 3. The van der Waals surface area contributed by atoms with Gasteiger partial charge in [0.15, 0.2) is 0 Å². The Labute approximate surface area is 145 Å². The Hall–Kier alpha value is -2.11. The number of H-pyrrole nitrogens is 1. The lowest BCUT2D eigenvalue weighted by Gasteiger charge is -2.04. The molecule has 0 unspecified atom stereocenters. The van der Waals surface area contributed by atoms with E-state index in [1.165, 1.54) is 27.8 Å². The standard InChI is InChI=1S/C19H22N2O2S/c22-19(23)18-10-9-15(24-18)6-4-12-20-11-3-5-14-13-21-17-8-2-1-7-16(14)17/h1-2,7-10,13,20-21H,3-6,11-12H2,(H,22,23). The lowest BCUT2D eigenvalue weighted by Crippen LogP contribution is -2.17. The van der Waals surface area contributed by atoms with Gasteiger partial charge in [0.05, 0.1) is 0 Å². The molecule has 2 heterocycles. The van der Waals surface area contributed by atoms with Crippen molar-refractivity contribution in [3.8, 4) is 0 Å². The van der Waals surface area contributed by atoms with Gasteiger partial charge < -0.3 is 15.4 Å². The molecule has 24 heavy (non-hydrogen) atoms. The number of carboxylic acids is 1. The number of aromatic nitrogens is 1. The number of rotatable bonds is 9. The monoisotopic (exact) mass is 342 g/mol. The number of aromatic carboxylic acids is 1. The Morgan fingerprint density at radius 2 is 1.88 bits per heavy atom. The van der Waals surface area contributed by atoms with E-state index < -0.39 is 5.97 Å². The van der Waals surface area contributed by atoms with Crippen molar-refractivity contribution in [2.24, 2.45) is 0 Å². The first kappa shape index (κ1) is 16.7. The van der Waals surface area contributed by atoms with E-state index in [4.69, 9.17) is 5.11 Å². The van der Waals surface area contributed by atoms with Crippen LogP contribution >= 0.6 is 11.3 Å². The largest absolute Gasteiger partial charge is 0.477 e. The molecule has 5 heteroatoms. The van der Waals surface area contributed by atoms with Crippen LogP contribution in [0, 0.1) is 0 Å². The van der Waals surface area contributed by atoms with Gasteiger partial charge in [0.2, 0.25) is 0 Å². The number of fused-ring (bicyclic) bond motifs is 1. The molecule has 0 spiro atoms. The van der Waals surface area contributed by atoms with Gasteiger partial charge in [-0.25, -0.2) is 4.79 Å². The van der Waals surface area contributed by atoms with E-state index in [-0.39, 0.29) is 0 Å². The summed E-state index contributed by atoms with van der Waals surface area (Å²) in [6, 6.07) is 12.0. The molecule has 0 aliphatic heterocycles. The highest BCUT2D eigenvalue weighted by molar-refractivity contribution is 7.13.